The first-order valence-corrected chi connectivity index (χ1v) is 7.65. The van der Waals surface area contributed by atoms with Gasteiger partial charge in [0.05, 0.1) is 20.3 Å². The van der Waals surface area contributed by atoms with Crippen LogP contribution in [0.15, 0.2) is 42.5 Å². The first-order chi connectivity index (χ1) is 11.5. The van der Waals surface area contributed by atoms with Crippen molar-refractivity contribution in [3.8, 4) is 17.2 Å². The van der Waals surface area contributed by atoms with Gasteiger partial charge in [-0.1, -0.05) is 31.2 Å². The zero-order chi connectivity index (χ0) is 17.7. The van der Waals surface area contributed by atoms with Crippen molar-refractivity contribution in [3.63, 3.8) is 0 Å². The van der Waals surface area contributed by atoms with Gasteiger partial charge in [0.2, 0.25) is 0 Å². The van der Waals surface area contributed by atoms with Gasteiger partial charge in [-0.15, -0.1) is 0 Å². The number of ether oxygens (including phenoxy) is 3. The number of hydrogen-bond donors (Lipinski definition) is 1. The third kappa shape index (κ3) is 3.86. The quantitative estimate of drug-likeness (QED) is 0.649. The number of carbonyl (C=O) groups excluding carboxylic acids is 1. The van der Waals surface area contributed by atoms with Crippen molar-refractivity contribution in [2.75, 3.05) is 14.2 Å². The Kier molecular flexibility index (Phi) is 5.82. The van der Waals surface area contributed by atoms with Gasteiger partial charge in [0, 0.05) is 18.4 Å². The topological polar surface area (TPSA) is 65.0 Å². The number of aliphatic hydroxyl groups is 1. The van der Waals surface area contributed by atoms with Gasteiger partial charge >= 0.3 is 5.97 Å². The zero-order valence-electron chi connectivity index (χ0n) is 14.3. The molecule has 0 spiro atoms. The smallest absolute Gasteiger partial charge is 0.308 e. The highest BCUT2D eigenvalue weighted by atomic mass is 16.5. The van der Waals surface area contributed by atoms with Crippen molar-refractivity contribution >= 4 is 5.97 Å². The molecule has 0 saturated heterocycles. The van der Waals surface area contributed by atoms with Gasteiger partial charge in [0.25, 0.3) is 0 Å². The van der Waals surface area contributed by atoms with E-state index < -0.39 is 12.1 Å². The van der Waals surface area contributed by atoms with Crippen LogP contribution in [0.25, 0.3) is 0 Å². The third-order valence-electron chi connectivity index (χ3n) is 3.90. The number of carbonyl (C=O) groups is 1. The Bertz CT molecular complexity index is 711. The lowest BCUT2D eigenvalue weighted by Crippen LogP contribution is -2.11. The lowest BCUT2D eigenvalue weighted by atomic mass is 9.90. The van der Waals surface area contributed by atoms with Crippen LogP contribution in [-0.4, -0.2) is 25.3 Å². The molecule has 0 aliphatic carbocycles. The maximum atomic E-state index is 11.2. The van der Waals surface area contributed by atoms with E-state index in [1.54, 1.807) is 44.6 Å². The largest absolute Gasteiger partial charge is 0.493 e. The Morgan fingerprint density at radius 1 is 1.00 bits per heavy atom. The number of aliphatic hydroxyl groups excluding tert-OH is 1. The molecule has 0 amide bonds. The molecule has 2 atom stereocenters. The highest BCUT2D eigenvalue weighted by molar-refractivity contribution is 5.69. The second-order valence-electron chi connectivity index (χ2n) is 5.48. The van der Waals surface area contributed by atoms with Gasteiger partial charge in [-0.05, 0) is 23.8 Å². The van der Waals surface area contributed by atoms with Gasteiger partial charge in [0.1, 0.15) is 5.75 Å². The Hall–Kier alpha value is -2.53. The van der Waals surface area contributed by atoms with Gasteiger partial charge in [0.15, 0.2) is 11.5 Å². The summed E-state index contributed by atoms with van der Waals surface area (Å²) in [5.41, 5.74) is 1.45. The molecule has 2 aromatic rings. The van der Waals surface area contributed by atoms with Crippen molar-refractivity contribution in [1.82, 2.24) is 0 Å². The van der Waals surface area contributed by atoms with Crippen LogP contribution in [-0.2, 0) is 4.79 Å². The van der Waals surface area contributed by atoms with Crippen LogP contribution in [0.5, 0.6) is 17.2 Å². The average Bonchev–Trinajstić information content (AvgIpc) is 2.59. The molecular weight excluding hydrogens is 308 g/mol. The van der Waals surface area contributed by atoms with Crippen LogP contribution in [0.3, 0.4) is 0 Å². The van der Waals surface area contributed by atoms with Crippen LogP contribution < -0.4 is 14.2 Å². The van der Waals surface area contributed by atoms with E-state index in [-0.39, 0.29) is 5.92 Å². The van der Waals surface area contributed by atoms with E-state index in [1.165, 1.54) is 6.92 Å². The number of methoxy groups -OCH3 is 2. The Morgan fingerprint density at radius 3 is 2.29 bits per heavy atom. The zero-order valence-corrected chi connectivity index (χ0v) is 14.3. The highest BCUT2D eigenvalue weighted by Crippen LogP contribution is 2.38. The fourth-order valence-corrected chi connectivity index (χ4v) is 2.56. The Morgan fingerprint density at radius 2 is 1.67 bits per heavy atom. The Balaban J connectivity index is 2.33. The van der Waals surface area contributed by atoms with Gasteiger partial charge in [-0.2, -0.15) is 0 Å². The summed E-state index contributed by atoms with van der Waals surface area (Å²) in [6.45, 7) is 3.23. The predicted octanol–water partition coefficient (Wildman–Crippen LogP) is 3.47. The summed E-state index contributed by atoms with van der Waals surface area (Å²) >= 11 is 0. The molecule has 1 N–H and O–H groups in total. The molecule has 0 heterocycles. The second-order valence-corrected chi connectivity index (χ2v) is 5.48. The van der Waals surface area contributed by atoms with E-state index in [4.69, 9.17) is 14.2 Å². The monoisotopic (exact) mass is 330 g/mol. The van der Waals surface area contributed by atoms with E-state index in [2.05, 4.69) is 0 Å². The molecular formula is C19H22O5. The molecule has 0 radical (unpaired) electrons. The fourth-order valence-electron chi connectivity index (χ4n) is 2.56. The molecule has 0 unspecified atom stereocenters. The van der Waals surface area contributed by atoms with Gasteiger partial charge in [-0.25, -0.2) is 0 Å². The molecule has 128 valence electrons. The average molecular weight is 330 g/mol. The first kappa shape index (κ1) is 17.8. The molecule has 24 heavy (non-hydrogen) atoms. The maximum absolute atomic E-state index is 11.2. The van der Waals surface area contributed by atoms with Crippen LogP contribution in [0.1, 0.15) is 37.0 Å². The minimum absolute atomic E-state index is 0.235. The van der Waals surface area contributed by atoms with Crippen molar-refractivity contribution in [3.05, 3.63) is 53.6 Å². The number of esters is 1. The number of hydrogen-bond acceptors (Lipinski definition) is 5. The number of rotatable bonds is 6. The van der Waals surface area contributed by atoms with E-state index >= 15 is 0 Å². The predicted molar refractivity (Wildman–Crippen MR) is 90.7 cm³/mol. The Labute approximate surface area is 141 Å². The summed E-state index contributed by atoms with van der Waals surface area (Å²) in [4.78, 5) is 11.2. The highest BCUT2D eigenvalue weighted by Gasteiger charge is 2.23. The molecule has 5 heteroatoms. The van der Waals surface area contributed by atoms with Crippen molar-refractivity contribution in [2.24, 2.45) is 0 Å². The van der Waals surface area contributed by atoms with E-state index in [9.17, 15) is 9.90 Å². The molecule has 0 aliphatic heterocycles. The maximum Gasteiger partial charge on any atom is 0.308 e. The third-order valence-corrected chi connectivity index (χ3v) is 3.90. The molecule has 0 fully saturated rings. The molecule has 0 bridgehead atoms. The summed E-state index contributed by atoms with van der Waals surface area (Å²) in [6, 6.07) is 12.5. The number of benzene rings is 2. The molecule has 2 aromatic carbocycles. The second kappa shape index (κ2) is 7.84. The van der Waals surface area contributed by atoms with E-state index in [0.717, 1.165) is 5.56 Å². The van der Waals surface area contributed by atoms with Crippen LogP contribution in [0.2, 0.25) is 0 Å². The lowest BCUT2D eigenvalue weighted by molar-refractivity contribution is -0.132. The van der Waals surface area contributed by atoms with Crippen LogP contribution in [0, 0.1) is 0 Å². The van der Waals surface area contributed by atoms with Gasteiger partial charge in [-0.3, -0.25) is 4.79 Å². The molecule has 0 aromatic heterocycles. The molecule has 0 aliphatic rings. The van der Waals surface area contributed by atoms with Gasteiger partial charge < -0.3 is 19.3 Å². The summed E-state index contributed by atoms with van der Waals surface area (Å²) in [5, 5.41) is 10.8. The lowest BCUT2D eigenvalue weighted by Gasteiger charge is -2.22. The SMILES string of the molecule is COc1ccc([C@@H](C)[C@@H](O)c2ccccc2OC(C)=O)cc1OC. The van der Waals surface area contributed by atoms with E-state index in [0.29, 0.717) is 22.8 Å². The first-order valence-electron chi connectivity index (χ1n) is 7.65. The normalized spacial score (nSPS) is 13.0. The summed E-state index contributed by atoms with van der Waals surface area (Å²) in [5.74, 6) is 0.935. The molecule has 0 saturated carbocycles. The summed E-state index contributed by atoms with van der Waals surface area (Å²) < 4.78 is 15.7. The standard InChI is InChI=1S/C19H22O5/c1-12(14-9-10-17(22-3)18(11-14)23-4)19(21)15-7-5-6-8-16(15)24-13(2)20/h5-12,19,21H,1-4H3/t12-,19-/m1/s1. The molecule has 5 nitrogen and oxygen atoms in total. The van der Waals surface area contributed by atoms with Crippen LogP contribution in [0.4, 0.5) is 0 Å². The minimum Gasteiger partial charge on any atom is -0.493 e. The fraction of sp³-hybridized carbons (Fsp3) is 0.316. The van der Waals surface area contributed by atoms with E-state index in [1.807, 2.05) is 19.1 Å². The molecule has 2 rings (SSSR count). The number of para-hydroxylation sites is 1. The van der Waals surface area contributed by atoms with Crippen molar-refractivity contribution in [1.29, 1.82) is 0 Å². The minimum atomic E-state index is -0.835. The summed E-state index contributed by atoms with van der Waals surface area (Å²) in [7, 11) is 3.14. The van der Waals surface area contributed by atoms with Crippen LogP contribution >= 0.6 is 0 Å². The van der Waals surface area contributed by atoms with Crippen molar-refractivity contribution < 1.29 is 24.1 Å². The van der Waals surface area contributed by atoms with Crippen molar-refractivity contribution in [2.45, 2.75) is 25.9 Å². The summed E-state index contributed by atoms with van der Waals surface area (Å²) in [6.07, 6.45) is -0.835.